The minimum atomic E-state index is -1.41. The van der Waals surface area contributed by atoms with Crippen molar-refractivity contribution in [3.63, 3.8) is 0 Å². The van der Waals surface area contributed by atoms with Crippen LogP contribution in [0, 0.1) is 0 Å². The maximum Gasteiger partial charge on any atom is 0.432 e. The van der Waals surface area contributed by atoms with Gasteiger partial charge in [0.2, 0.25) is 5.75 Å². The first-order chi connectivity index (χ1) is 9.53. The second-order valence-electron chi connectivity index (χ2n) is 3.43. The van der Waals surface area contributed by atoms with Gasteiger partial charge in [0.15, 0.2) is 11.5 Å². The summed E-state index contributed by atoms with van der Waals surface area (Å²) in [6.45, 7) is 0. The summed E-state index contributed by atoms with van der Waals surface area (Å²) in [7, 11) is 4.29. The molecule has 0 aliphatic heterocycles. The molecule has 0 radical (unpaired) electrons. The normalized spacial score (nSPS) is 10.2. The molecular formula is C12H14N2O6. The molecule has 0 unspecified atom stereocenters. The van der Waals surface area contributed by atoms with Gasteiger partial charge in [-0.25, -0.2) is 4.79 Å². The van der Waals surface area contributed by atoms with Gasteiger partial charge in [-0.1, -0.05) is 0 Å². The van der Waals surface area contributed by atoms with Crippen molar-refractivity contribution >= 4 is 18.3 Å². The van der Waals surface area contributed by atoms with Gasteiger partial charge < -0.3 is 24.6 Å². The Morgan fingerprint density at radius 2 is 1.70 bits per heavy atom. The highest BCUT2D eigenvalue weighted by Gasteiger charge is 2.16. The number of carbonyl (C=O) groups is 2. The predicted molar refractivity (Wildman–Crippen MR) is 70.1 cm³/mol. The average Bonchev–Trinajstić information content (AvgIpc) is 2.44. The maximum atomic E-state index is 11.8. The molecule has 0 aliphatic carbocycles. The molecule has 0 heterocycles. The van der Waals surface area contributed by atoms with Gasteiger partial charge in [-0.05, 0) is 12.1 Å². The van der Waals surface area contributed by atoms with Crippen LogP contribution in [0.25, 0.3) is 0 Å². The molecule has 2 N–H and O–H groups in total. The van der Waals surface area contributed by atoms with Gasteiger partial charge in [0.1, 0.15) is 6.34 Å². The van der Waals surface area contributed by atoms with Crippen molar-refractivity contribution in [1.29, 1.82) is 0 Å². The van der Waals surface area contributed by atoms with Gasteiger partial charge in [-0.2, -0.15) is 4.99 Å². The molecule has 20 heavy (non-hydrogen) atoms. The molecule has 0 fully saturated rings. The quantitative estimate of drug-likeness (QED) is 0.619. The van der Waals surface area contributed by atoms with Crippen LogP contribution in [0.3, 0.4) is 0 Å². The number of nitrogens with one attached hydrogen (secondary N) is 1. The lowest BCUT2D eigenvalue weighted by atomic mass is 10.1. The summed E-state index contributed by atoms with van der Waals surface area (Å²) in [5.41, 5.74) is 0.205. The SMILES string of the molecule is COc1cc(C(=O)N/C=N/C(=O)O)cc(OC)c1OC. The Bertz CT molecular complexity index is 516. The second-order valence-corrected chi connectivity index (χ2v) is 3.43. The number of ether oxygens (including phenoxy) is 3. The Morgan fingerprint density at radius 3 is 2.10 bits per heavy atom. The number of carbonyl (C=O) groups excluding carboxylic acids is 1. The molecule has 8 heteroatoms. The number of methoxy groups -OCH3 is 3. The molecule has 1 aromatic rings. The van der Waals surface area contributed by atoms with E-state index in [2.05, 4.69) is 10.3 Å². The van der Waals surface area contributed by atoms with Crippen LogP contribution in [0.2, 0.25) is 0 Å². The van der Waals surface area contributed by atoms with Crippen molar-refractivity contribution in [2.24, 2.45) is 4.99 Å². The van der Waals surface area contributed by atoms with Crippen molar-refractivity contribution in [3.05, 3.63) is 17.7 Å². The van der Waals surface area contributed by atoms with Gasteiger partial charge in [0, 0.05) is 5.56 Å². The maximum absolute atomic E-state index is 11.8. The Kier molecular flexibility index (Phi) is 5.33. The number of amides is 2. The largest absolute Gasteiger partial charge is 0.493 e. The van der Waals surface area contributed by atoms with Gasteiger partial charge in [-0.15, -0.1) is 0 Å². The Balaban J connectivity index is 3.06. The predicted octanol–water partition coefficient (Wildman–Crippen LogP) is 1.15. The van der Waals surface area contributed by atoms with Crippen LogP contribution in [0.15, 0.2) is 17.1 Å². The standard InChI is InChI=1S/C12H14N2O6/c1-18-8-4-7(5-9(19-2)10(8)20-3)11(15)13-6-14-12(16)17/h4-6H,1-3H3,(H,16,17)(H,13,14,15). The molecule has 8 nitrogen and oxygen atoms in total. The topological polar surface area (TPSA) is 106 Å². The average molecular weight is 282 g/mol. The fraction of sp³-hybridized carbons (Fsp3) is 0.250. The fourth-order valence-electron chi connectivity index (χ4n) is 1.44. The molecule has 0 spiro atoms. The van der Waals surface area contributed by atoms with Crippen molar-refractivity contribution in [1.82, 2.24) is 5.32 Å². The van der Waals surface area contributed by atoms with E-state index in [1.807, 2.05) is 0 Å². The molecule has 0 saturated carbocycles. The third kappa shape index (κ3) is 3.61. The van der Waals surface area contributed by atoms with Gasteiger partial charge >= 0.3 is 6.09 Å². The van der Waals surface area contributed by atoms with Gasteiger partial charge in [-0.3, -0.25) is 4.79 Å². The van der Waals surface area contributed by atoms with Gasteiger partial charge in [0.25, 0.3) is 5.91 Å². The van der Waals surface area contributed by atoms with Crippen LogP contribution in [-0.2, 0) is 0 Å². The van der Waals surface area contributed by atoms with E-state index in [1.165, 1.54) is 33.5 Å². The molecule has 2 amide bonds. The van der Waals surface area contributed by atoms with Gasteiger partial charge in [0.05, 0.1) is 21.3 Å². The number of hydrogen-bond donors (Lipinski definition) is 2. The first kappa shape index (κ1) is 15.3. The second kappa shape index (κ2) is 6.98. The lowest BCUT2D eigenvalue weighted by molar-refractivity contribution is 0.0977. The molecular weight excluding hydrogens is 268 g/mol. The van der Waals surface area contributed by atoms with E-state index in [1.54, 1.807) is 0 Å². The Labute approximate surface area is 115 Å². The summed E-state index contributed by atoms with van der Waals surface area (Å²) < 4.78 is 15.3. The monoisotopic (exact) mass is 282 g/mol. The Hall–Kier alpha value is -2.77. The third-order valence-electron chi connectivity index (χ3n) is 2.30. The molecule has 0 bridgehead atoms. The van der Waals surface area contributed by atoms with E-state index in [0.29, 0.717) is 17.2 Å². The van der Waals surface area contributed by atoms with E-state index in [0.717, 1.165) is 6.34 Å². The lowest BCUT2D eigenvalue weighted by Gasteiger charge is -2.13. The lowest BCUT2D eigenvalue weighted by Crippen LogP contribution is -2.22. The van der Waals surface area contributed by atoms with Crippen molar-refractivity contribution < 1.29 is 28.9 Å². The summed E-state index contributed by atoms with van der Waals surface area (Å²) in [6.07, 6.45) is -0.622. The van der Waals surface area contributed by atoms with Crippen molar-refractivity contribution in [3.8, 4) is 17.2 Å². The number of hydrogen-bond acceptors (Lipinski definition) is 5. The third-order valence-corrected chi connectivity index (χ3v) is 2.30. The van der Waals surface area contributed by atoms with Crippen LogP contribution >= 0.6 is 0 Å². The minimum Gasteiger partial charge on any atom is -0.493 e. The molecule has 0 atom stereocenters. The highest BCUT2D eigenvalue weighted by molar-refractivity contribution is 6.02. The Morgan fingerprint density at radius 1 is 1.15 bits per heavy atom. The van der Waals surface area contributed by atoms with Crippen molar-refractivity contribution in [2.75, 3.05) is 21.3 Å². The first-order valence-corrected chi connectivity index (χ1v) is 5.39. The van der Waals surface area contributed by atoms with Crippen LogP contribution in [0.4, 0.5) is 4.79 Å². The smallest absolute Gasteiger partial charge is 0.432 e. The highest BCUT2D eigenvalue weighted by atomic mass is 16.5. The van der Waals surface area contributed by atoms with Crippen LogP contribution in [0.1, 0.15) is 10.4 Å². The number of carboxylic acid groups (broad SMARTS) is 1. The van der Waals surface area contributed by atoms with E-state index >= 15 is 0 Å². The fourth-order valence-corrected chi connectivity index (χ4v) is 1.44. The van der Waals surface area contributed by atoms with Crippen molar-refractivity contribution in [2.45, 2.75) is 0 Å². The van der Waals surface area contributed by atoms with Crippen LogP contribution < -0.4 is 19.5 Å². The molecule has 108 valence electrons. The summed E-state index contributed by atoms with van der Waals surface area (Å²) in [4.78, 5) is 25.0. The summed E-state index contributed by atoms with van der Waals surface area (Å²) in [5.74, 6) is 0.416. The molecule has 1 aromatic carbocycles. The summed E-state index contributed by atoms with van der Waals surface area (Å²) in [5, 5.41) is 10.5. The number of benzene rings is 1. The van der Waals surface area contributed by atoms with E-state index in [4.69, 9.17) is 19.3 Å². The number of rotatable bonds is 5. The number of nitrogens with zero attached hydrogens (tertiary/aromatic N) is 1. The molecule has 0 aliphatic rings. The molecule has 1 rings (SSSR count). The summed E-state index contributed by atoms with van der Waals surface area (Å²) >= 11 is 0. The van der Waals surface area contributed by atoms with E-state index in [9.17, 15) is 9.59 Å². The molecule has 0 saturated heterocycles. The van der Waals surface area contributed by atoms with Crippen LogP contribution in [-0.4, -0.2) is 44.8 Å². The van der Waals surface area contributed by atoms with E-state index in [-0.39, 0.29) is 5.56 Å². The van der Waals surface area contributed by atoms with Crippen LogP contribution in [0.5, 0.6) is 17.2 Å². The number of aliphatic imine (C=N–C) groups is 1. The zero-order chi connectivity index (χ0) is 15.1. The molecule has 0 aromatic heterocycles. The highest BCUT2D eigenvalue weighted by Crippen LogP contribution is 2.38. The summed E-state index contributed by atoms with van der Waals surface area (Å²) in [6, 6.07) is 2.87. The minimum absolute atomic E-state index is 0.205. The first-order valence-electron chi connectivity index (χ1n) is 5.39. The zero-order valence-corrected chi connectivity index (χ0v) is 11.2. The van der Waals surface area contributed by atoms with E-state index < -0.39 is 12.0 Å². The zero-order valence-electron chi connectivity index (χ0n) is 11.2.